The van der Waals surface area contributed by atoms with Crippen LogP contribution in [0.4, 0.5) is 20.3 Å². The summed E-state index contributed by atoms with van der Waals surface area (Å²) < 4.78 is 68.7. The van der Waals surface area contributed by atoms with Crippen LogP contribution in [0.1, 0.15) is 45.5 Å². The molecule has 44 heavy (non-hydrogen) atoms. The van der Waals surface area contributed by atoms with E-state index in [-0.39, 0.29) is 23.0 Å². The Morgan fingerprint density at radius 1 is 1.09 bits per heavy atom. The van der Waals surface area contributed by atoms with Crippen LogP contribution in [0.25, 0.3) is 11.8 Å². The number of nitrogens with one attached hydrogen (secondary N) is 1. The number of para-hydroxylation sites is 1. The number of allylic oxidation sites excluding steroid dienone is 1. The van der Waals surface area contributed by atoms with Gasteiger partial charge in [0.15, 0.2) is 17.4 Å². The number of carbonyl (C=O) groups is 1. The van der Waals surface area contributed by atoms with Gasteiger partial charge in [-0.2, -0.15) is 5.10 Å². The van der Waals surface area contributed by atoms with Gasteiger partial charge in [0.05, 0.1) is 34.6 Å². The van der Waals surface area contributed by atoms with Crippen LogP contribution in [-0.2, 0) is 21.2 Å². The minimum absolute atomic E-state index is 0.0316. The van der Waals surface area contributed by atoms with Crippen molar-refractivity contribution in [1.82, 2.24) is 14.8 Å². The molecule has 0 atom stereocenters. The average Bonchev–Trinajstić information content (AvgIpc) is 3.58. The minimum atomic E-state index is -3.59. The van der Waals surface area contributed by atoms with Crippen molar-refractivity contribution >= 4 is 33.4 Å². The molecule has 13 heteroatoms. The Morgan fingerprint density at radius 2 is 1.82 bits per heavy atom. The van der Waals surface area contributed by atoms with Gasteiger partial charge in [-0.15, -0.1) is 0 Å². The number of nitrogen functional groups attached to an aromatic ring is 1. The van der Waals surface area contributed by atoms with E-state index in [9.17, 15) is 22.0 Å². The molecule has 3 heterocycles. The summed E-state index contributed by atoms with van der Waals surface area (Å²) in [6.45, 7) is 4.36. The van der Waals surface area contributed by atoms with Gasteiger partial charge in [-0.05, 0) is 79.3 Å². The third-order valence-electron chi connectivity index (χ3n) is 7.81. The average molecular weight is 622 g/mol. The number of pyridine rings is 1. The SMILES string of the molecule is Cc1cc2c(cc1NS(=O)(=O)C1CCOCC1)CC(C(=O)c1cnn(-c3cnc(Oc4c(F)cccc4F)cc3C)c1N)=C2. The van der Waals surface area contributed by atoms with Gasteiger partial charge in [0, 0.05) is 31.3 Å². The summed E-state index contributed by atoms with van der Waals surface area (Å²) in [4.78, 5) is 17.7. The fraction of sp³-hybridized carbons (Fsp3) is 0.258. The number of fused-ring (bicyclic) bond motifs is 1. The molecular weight excluding hydrogens is 592 g/mol. The molecular formula is C31H29F2N5O5S. The maximum atomic E-state index is 14.0. The van der Waals surface area contributed by atoms with Crippen molar-refractivity contribution in [2.45, 2.75) is 38.4 Å². The number of hydrogen-bond acceptors (Lipinski definition) is 8. The number of ketones is 1. The smallest absolute Gasteiger partial charge is 0.235 e. The molecule has 0 radical (unpaired) electrons. The third-order valence-corrected chi connectivity index (χ3v) is 9.66. The third kappa shape index (κ3) is 5.55. The van der Waals surface area contributed by atoms with Crippen molar-refractivity contribution in [3.05, 3.63) is 93.8 Å². The molecule has 0 spiro atoms. The quantitative estimate of drug-likeness (QED) is 0.254. The zero-order valence-corrected chi connectivity index (χ0v) is 24.7. The molecule has 0 bridgehead atoms. The number of ether oxygens (including phenoxy) is 2. The number of nitrogens with zero attached hydrogens (tertiary/aromatic N) is 3. The van der Waals surface area contributed by atoms with E-state index in [4.69, 9.17) is 15.2 Å². The number of aryl methyl sites for hydroxylation is 2. The molecule has 2 aromatic heterocycles. The van der Waals surface area contributed by atoms with Crippen molar-refractivity contribution in [1.29, 1.82) is 0 Å². The molecule has 2 aliphatic rings. The summed E-state index contributed by atoms with van der Waals surface area (Å²) in [6.07, 6.45) is 5.71. The minimum Gasteiger partial charge on any atom is -0.433 e. The first-order valence-corrected chi connectivity index (χ1v) is 15.5. The van der Waals surface area contributed by atoms with Gasteiger partial charge in [-0.3, -0.25) is 9.52 Å². The molecule has 6 rings (SSSR count). The topological polar surface area (TPSA) is 138 Å². The predicted octanol–water partition coefficient (Wildman–Crippen LogP) is 5.28. The lowest BCUT2D eigenvalue weighted by atomic mass is 10.0. The summed E-state index contributed by atoms with van der Waals surface area (Å²) >= 11 is 0. The summed E-state index contributed by atoms with van der Waals surface area (Å²) in [5, 5.41) is 3.78. The fourth-order valence-electron chi connectivity index (χ4n) is 5.37. The van der Waals surface area contributed by atoms with E-state index in [1.165, 1.54) is 29.2 Å². The number of anilines is 2. The number of rotatable bonds is 8. The Morgan fingerprint density at radius 3 is 2.52 bits per heavy atom. The summed E-state index contributed by atoms with van der Waals surface area (Å²) in [7, 11) is -3.59. The van der Waals surface area contributed by atoms with Gasteiger partial charge >= 0.3 is 0 Å². The van der Waals surface area contributed by atoms with Crippen LogP contribution >= 0.6 is 0 Å². The second-order valence-electron chi connectivity index (χ2n) is 10.8. The van der Waals surface area contributed by atoms with E-state index >= 15 is 0 Å². The van der Waals surface area contributed by atoms with Crippen molar-refractivity contribution in [2.24, 2.45) is 0 Å². The molecule has 1 aliphatic heterocycles. The van der Waals surface area contributed by atoms with Gasteiger partial charge in [0.1, 0.15) is 5.82 Å². The number of sulfonamides is 1. The molecule has 10 nitrogen and oxygen atoms in total. The molecule has 0 amide bonds. The van der Waals surface area contributed by atoms with E-state index in [0.29, 0.717) is 55.0 Å². The van der Waals surface area contributed by atoms with Crippen LogP contribution in [-0.4, -0.2) is 47.4 Å². The highest BCUT2D eigenvalue weighted by Crippen LogP contribution is 2.34. The first-order chi connectivity index (χ1) is 21.0. The fourth-order valence-corrected chi connectivity index (χ4v) is 6.87. The Balaban J connectivity index is 1.19. The highest BCUT2D eigenvalue weighted by atomic mass is 32.2. The number of hydrogen-bond donors (Lipinski definition) is 2. The molecule has 0 unspecified atom stereocenters. The van der Waals surface area contributed by atoms with Gasteiger partial charge in [0.2, 0.25) is 21.7 Å². The van der Waals surface area contributed by atoms with Crippen LogP contribution in [0, 0.1) is 25.5 Å². The van der Waals surface area contributed by atoms with Crippen LogP contribution < -0.4 is 15.2 Å². The molecule has 3 N–H and O–H groups in total. The molecule has 228 valence electrons. The zero-order chi connectivity index (χ0) is 31.2. The van der Waals surface area contributed by atoms with Crippen molar-refractivity contribution in [3.8, 4) is 17.3 Å². The maximum Gasteiger partial charge on any atom is 0.235 e. The van der Waals surface area contributed by atoms with E-state index in [2.05, 4.69) is 14.8 Å². The number of carbonyl (C=O) groups excluding carboxylic acids is 1. The molecule has 4 aromatic rings. The van der Waals surface area contributed by atoms with Gasteiger partial charge < -0.3 is 15.2 Å². The van der Waals surface area contributed by atoms with Crippen LogP contribution in [0.3, 0.4) is 0 Å². The lowest BCUT2D eigenvalue weighted by Crippen LogP contribution is -2.33. The van der Waals surface area contributed by atoms with Crippen LogP contribution in [0.2, 0.25) is 0 Å². The van der Waals surface area contributed by atoms with E-state index in [1.54, 1.807) is 19.1 Å². The van der Waals surface area contributed by atoms with Crippen LogP contribution in [0.15, 0.2) is 54.4 Å². The summed E-state index contributed by atoms with van der Waals surface area (Å²) in [6, 6.07) is 8.51. The number of halogens is 2. The van der Waals surface area contributed by atoms with Gasteiger partial charge in [-0.25, -0.2) is 26.9 Å². The Labute approximate surface area is 252 Å². The lowest BCUT2D eigenvalue weighted by Gasteiger charge is -2.23. The van der Waals surface area contributed by atoms with Crippen molar-refractivity contribution in [3.63, 3.8) is 0 Å². The molecule has 1 aliphatic carbocycles. The normalized spacial score (nSPS) is 15.1. The highest BCUT2D eigenvalue weighted by molar-refractivity contribution is 7.93. The Bertz CT molecular complexity index is 1910. The number of nitrogens with two attached hydrogens (primary N) is 1. The number of aromatic nitrogens is 3. The van der Waals surface area contributed by atoms with E-state index in [0.717, 1.165) is 28.8 Å². The number of benzene rings is 2. The molecule has 1 fully saturated rings. The molecule has 0 saturated carbocycles. The monoisotopic (exact) mass is 621 g/mol. The summed E-state index contributed by atoms with van der Waals surface area (Å²) in [5.74, 6) is -2.54. The predicted molar refractivity (Wildman–Crippen MR) is 161 cm³/mol. The standard InChI is InChI=1S/C31H29F2N5O5S/c1-17-10-19-12-21(13-20(19)14-26(17)37-44(40,41)22-6-8-42-9-7-22)29(39)23-15-36-38(31(23)34)27-16-35-28(11-18(27)2)43-30-24(32)4-3-5-25(30)33/h3-5,10-12,14-16,22,37H,6-9,13,34H2,1-2H3. The van der Waals surface area contributed by atoms with E-state index in [1.807, 2.05) is 13.0 Å². The highest BCUT2D eigenvalue weighted by Gasteiger charge is 2.29. The second kappa shape index (κ2) is 11.5. The van der Waals surface area contributed by atoms with Crippen molar-refractivity contribution < 1.29 is 31.5 Å². The summed E-state index contributed by atoms with van der Waals surface area (Å²) in [5.41, 5.74) is 11.0. The zero-order valence-electron chi connectivity index (χ0n) is 23.9. The molecule has 1 saturated heterocycles. The Hall–Kier alpha value is -4.62. The second-order valence-corrected chi connectivity index (χ2v) is 12.8. The number of Topliss-reactive ketones (excluding diaryl/α,β-unsaturated/α-hetero) is 1. The van der Waals surface area contributed by atoms with Crippen LogP contribution in [0.5, 0.6) is 11.6 Å². The first-order valence-electron chi connectivity index (χ1n) is 13.9. The van der Waals surface area contributed by atoms with Gasteiger partial charge in [0.25, 0.3) is 0 Å². The lowest BCUT2D eigenvalue weighted by molar-refractivity contribution is 0.0984. The van der Waals surface area contributed by atoms with E-state index < -0.39 is 32.7 Å². The van der Waals surface area contributed by atoms with Crippen molar-refractivity contribution in [2.75, 3.05) is 23.7 Å². The maximum absolute atomic E-state index is 14.0. The largest absolute Gasteiger partial charge is 0.433 e. The van der Waals surface area contributed by atoms with Gasteiger partial charge in [-0.1, -0.05) is 6.07 Å². The Kier molecular flexibility index (Phi) is 7.68. The first kappa shape index (κ1) is 29.5. The molecule has 2 aromatic carbocycles.